The molecule has 2 aromatic rings. The molecule has 3 amide bonds. The van der Waals surface area contributed by atoms with Crippen molar-refractivity contribution < 1.29 is 18.8 Å². The summed E-state index contributed by atoms with van der Waals surface area (Å²) in [5.74, 6) is -1.13. The molecule has 0 radical (unpaired) electrons. The number of nitrogens with zero attached hydrogens (tertiary/aromatic N) is 2. The van der Waals surface area contributed by atoms with Crippen LogP contribution in [-0.4, -0.2) is 48.0 Å². The molecule has 0 unspecified atom stereocenters. The summed E-state index contributed by atoms with van der Waals surface area (Å²) in [6.07, 6.45) is 1.99. The second-order valence-electron chi connectivity index (χ2n) is 6.98. The topological polar surface area (TPSA) is 69.7 Å². The van der Waals surface area contributed by atoms with Crippen molar-refractivity contribution >= 4 is 40.9 Å². The van der Waals surface area contributed by atoms with Crippen LogP contribution in [0.15, 0.2) is 47.4 Å². The second kappa shape index (κ2) is 8.24. The van der Waals surface area contributed by atoms with Crippen LogP contribution >= 0.6 is 11.8 Å². The summed E-state index contributed by atoms with van der Waals surface area (Å²) in [7, 11) is 0. The van der Waals surface area contributed by atoms with Gasteiger partial charge in [0.25, 0.3) is 5.91 Å². The molecule has 8 heteroatoms. The second-order valence-corrected chi connectivity index (χ2v) is 8.00. The van der Waals surface area contributed by atoms with Gasteiger partial charge in [-0.3, -0.25) is 14.4 Å². The molecule has 150 valence electrons. The zero-order valence-electron chi connectivity index (χ0n) is 15.7. The van der Waals surface area contributed by atoms with Crippen LogP contribution in [0.3, 0.4) is 0 Å². The first-order valence-corrected chi connectivity index (χ1v) is 10.4. The van der Waals surface area contributed by atoms with Crippen molar-refractivity contribution in [3.05, 3.63) is 53.8 Å². The van der Waals surface area contributed by atoms with E-state index in [2.05, 4.69) is 5.32 Å². The maximum Gasteiger partial charge on any atom is 0.253 e. The van der Waals surface area contributed by atoms with Gasteiger partial charge in [0.05, 0.1) is 17.1 Å². The van der Waals surface area contributed by atoms with Crippen LogP contribution < -0.4 is 10.2 Å². The van der Waals surface area contributed by atoms with Crippen LogP contribution in [0.1, 0.15) is 23.2 Å². The van der Waals surface area contributed by atoms with Crippen molar-refractivity contribution in [1.29, 1.82) is 0 Å². The molecule has 29 heavy (non-hydrogen) atoms. The average molecular weight is 413 g/mol. The number of fused-ring (bicyclic) bond motifs is 1. The number of carbonyl (C=O) groups is 3. The quantitative estimate of drug-likeness (QED) is 0.836. The summed E-state index contributed by atoms with van der Waals surface area (Å²) in [5.41, 5.74) is 1.11. The summed E-state index contributed by atoms with van der Waals surface area (Å²) in [5, 5.41) is 2.50. The van der Waals surface area contributed by atoms with Gasteiger partial charge in [0.15, 0.2) is 0 Å². The van der Waals surface area contributed by atoms with E-state index >= 15 is 0 Å². The third-order valence-electron chi connectivity index (χ3n) is 4.99. The Labute approximate surface area is 172 Å². The number of thioether (sulfide) groups is 1. The van der Waals surface area contributed by atoms with Crippen LogP contribution in [0.5, 0.6) is 0 Å². The number of para-hydroxylation sites is 1. The minimum atomic E-state index is -0.541. The van der Waals surface area contributed by atoms with Gasteiger partial charge < -0.3 is 15.1 Å². The molecule has 0 saturated carbocycles. The third-order valence-corrected chi connectivity index (χ3v) is 6.04. The van der Waals surface area contributed by atoms with Crippen molar-refractivity contribution in [1.82, 2.24) is 4.90 Å². The molecule has 4 rings (SSSR count). The first kappa shape index (κ1) is 19.4. The normalized spacial score (nSPS) is 16.0. The number of hydrogen-bond acceptors (Lipinski definition) is 4. The fourth-order valence-electron chi connectivity index (χ4n) is 3.51. The van der Waals surface area contributed by atoms with Gasteiger partial charge in [-0.15, -0.1) is 11.8 Å². The van der Waals surface area contributed by atoms with E-state index in [1.807, 2.05) is 6.07 Å². The lowest BCUT2D eigenvalue weighted by Gasteiger charge is -2.29. The molecule has 2 aliphatic rings. The van der Waals surface area contributed by atoms with E-state index in [1.54, 1.807) is 23.1 Å². The Kier molecular flexibility index (Phi) is 5.53. The highest BCUT2D eigenvalue weighted by Gasteiger charge is 2.29. The number of benzene rings is 2. The van der Waals surface area contributed by atoms with Crippen LogP contribution in [0.25, 0.3) is 0 Å². The van der Waals surface area contributed by atoms with Crippen LogP contribution in [0.2, 0.25) is 0 Å². The largest absolute Gasteiger partial charge is 0.339 e. The molecule has 6 nitrogen and oxygen atoms in total. The number of likely N-dealkylation sites (tertiary alicyclic amines) is 1. The maximum atomic E-state index is 13.8. The Balaban J connectivity index is 1.56. The fourth-order valence-corrected chi connectivity index (χ4v) is 4.42. The predicted molar refractivity (Wildman–Crippen MR) is 110 cm³/mol. The minimum Gasteiger partial charge on any atom is -0.339 e. The monoisotopic (exact) mass is 413 g/mol. The zero-order valence-corrected chi connectivity index (χ0v) is 16.5. The molecule has 0 bridgehead atoms. The molecule has 2 aliphatic heterocycles. The summed E-state index contributed by atoms with van der Waals surface area (Å²) in [6.45, 7) is 1.22. The highest BCUT2D eigenvalue weighted by Crippen LogP contribution is 2.36. The number of rotatable bonds is 4. The van der Waals surface area contributed by atoms with E-state index in [9.17, 15) is 18.8 Å². The number of carbonyl (C=O) groups excluding carboxylic acids is 3. The van der Waals surface area contributed by atoms with Crippen LogP contribution in [0.4, 0.5) is 15.8 Å². The van der Waals surface area contributed by atoms with E-state index in [4.69, 9.17) is 0 Å². The van der Waals surface area contributed by atoms with Gasteiger partial charge in [0.1, 0.15) is 12.4 Å². The van der Waals surface area contributed by atoms with Gasteiger partial charge in [0.2, 0.25) is 11.8 Å². The SMILES string of the molecule is O=C(CN1C(=O)CSc2ccc(C(=O)N3CCCC3)cc21)Nc1ccccc1F. The molecule has 0 aliphatic carbocycles. The Hall–Kier alpha value is -2.87. The Bertz CT molecular complexity index is 975. The Morgan fingerprint density at radius 2 is 1.86 bits per heavy atom. The summed E-state index contributed by atoms with van der Waals surface area (Å²) in [6, 6.07) is 11.1. The summed E-state index contributed by atoms with van der Waals surface area (Å²) >= 11 is 1.38. The maximum absolute atomic E-state index is 13.8. The van der Waals surface area contributed by atoms with E-state index < -0.39 is 11.7 Å². The van der Waals surface area contributed by atoms with Gasteiger partial charge in [-0.05, 0) is 43.2 Å². The van der Waals surface area contributed by atoms with Crippen LogP contribution in [-0.2, 0) is 9.59 Å². The molecule has 0 atom stereocenters. The molecular formula is C21H20FN3O3S. The Morgan fingerprint density at radius 1 is 1.10 bits per heavy atom. The lowest BCUT2D eigenvalue weighted by atomic mass is 10.1. The minimum absolute atomic E-state index is 0.0644. The van der Waals surface area contributed by atoms with Crippen molar-refractivity contribution in [2.75, 3.05) is 35.6 Å². The number of amides is 3. The van der Waals surface area contributed by atoms with Crippen molar-refractivity contribution in [3.63, 3.8) is 0 Å². The molecule has 1 saturated heterocycles. The van der Waals surface area contributed by atoms with Crippen molar-refractivity contribution in [2.45, 2.75) is 17.7 Å². The highest BCUT2D eigenvalue weighted by atomic mass is 32.2. The lowest BCUT2D eigenvalue weighted by molar-refractivity contribution is -0.120. The van der Waals surface area contributed by atoms with Gasteiger partial charge >= 0.3 is 0 Å². The predicted octanol–water partition coefficient (Wildman–Crippen LogP) is 3.14. The first-order chi connectivity index (χ1) is 14.0. The summed E-state index contributed by atoms with van der Waals surface area (Å²) < 4.78 is 13.8. The molecule has 1 N–H and O–H groups in total. The van der Waals surface area contributed by atoms with Gasteiger partial charge in [-0.2, -0.15) is 0 Å². The molecule has 1 fully saturated rings. The number of nitrogens with one attached hydrogen (secondary N) is 1. The third kappa shape index (κ3) is 4.12. The van der Waals surface area contributed by atoms with Crippen LogP contribution in [0, 0.1) is 5.82 Å². The lowest BCUT2D eigenvalue weighted by Crippen LogP contribution is -2.41. The summed E-state index contributed by atoms with van der Waals surface area (Å²) in [4.78, 5) is 41.7. The fraction of sp³-hybridized carbons (Fsp3) is 0.286. The average Bonchev–Trinajstić information content (AvgIpc) is 3.26. The molecule has 2 aromatic carbocycles. The molecular weight excluding hydrogens is 393 g/mol. The zero-order chi connectivity index (χ0) is 20.4. The van der Waals surface area contributed by atoms with Gasteiger partial charge in [-0.25, -0.2) is 4.39 Å². The molecule has 0 spiro atoms. The molecule has 0 aromatic heterocycles. The first-order valence-electron chi connectivity index (χ1n) is 9.44. The van der Waals surface area contributed by atoms with Gasteiger partial charge in [0, 0.05) is 23.5 Å². The van der Waals surface area contributed by atoms with Crippen molar-refractivity contribution in [2.24, 2.45) is 0 Å². The van der Waals surface area contributed by atoms with E-state index in [0.29, 0.717) is 11.3 Å². The van der Waals surface area contributed by atoms with Gasteiger partial charge in [-0.1, -0.05) is 12.1 Å². The highest BCUT2D eigenvalue weighted by molar-refractivity contribution is 8.00. The molecule has 2 heterocycles. The van der Waals surface area contributed by atoms with E-state index in [-0.39, 0.29) is 29.8 Å². The standard InChI is InChI=1S/C21H20FN3O3S/c22-15-5-1-2-6-16(15)23-19(26)12-25-17-11-14(21(28)24-9-3-4-10-24)7-8-18(17)29-13-20(25)27/h1-2,5-8,11H,3-4,9-10,12-13H2,(H,23,26). The number of halogens is 1. The number of anilines is 2. The van der Waals surface area contributed by atoms with Crippen molar-refractivity contribution in [3.8, 4) is 0 Å². The smallest absolute Gasteiger partial charge is 0.253 e. The van der Waals surface area contributed by atoms with E-state index in [1.165, 1.54) is 34.9 Å². The Morgan fingerprint density at radius 3 is 2.62 bits per heavy atom. The number of hydrogen-bond donors (Lipinski definition) is 1. The van der Waals surface area contributed by atoms with E-state index in [0.717, 1.165) is 30.8 Å².